The zero-order valence-electron chi connectivity index (χ0n) is 5.98. The molecule has 1 aromatic rings. The number of halogens is 2. The summed E-state index contributed by atoms with van der Waals surface area (Å²) < 4.78 is 1.08. The SMILES string of the molecule is NCCc1cc(Cl)ccc1Br. The summed E-state index contributed by atoms with van der Waals surface area (Å²) in [6.07, 6.45) is 0.862. The van der Waals surface area contributed by atoms with Gasteiger partial charge in [-0.1, -0.05) is 27.5 Å². The Morgan fingerprint density at radius 2 is 2.18 bits per heavy atom. The number of hydrogen-bond donors (Lipinski definition) is 1. The van der Waals surface area contributed by atoms with E-state index in [0.717, 1.165) is 15.9 Å². The maximum atomic E-state index is 5.79. The van der Waals surface area contributed by atoms with E-state index in [1.165, 1.54) is 5.56 Å². The van der Waals surface area contributed by atoms with Gasteiger partial charge in [0.1, 0.15) is 0 Å². The molecular weight excluding hydrogens is 225 g/mol. The van der Waals surface area contributed by atoms with Crippen LogP contribution in [0.5, 0.6) is 0 Å². The summed E-state index contributed by atoms with van der Waals surface area (Å²) in [7, 11) is 0. The van der Waals surface area contributed by atoms with Crippen LogP contribution in [-0.4, -0.2) is 6.54 Å². The molecule has 11 heavy (non-hydrogen) atoms. The summed E-state index contributed by atoms with van der Waals surface area (Å²) in [5.41, 5.74) is 6.58. The van der Waals surface area contributed by atoms with Gasteiger partial charge in [-0.05, 0) is 36.7 Å². The summed E-state index contributed by atoms with van der Waals surface area (Å²) in [5.74, 6) is 0. The molecule has 1 rings (SSSR count). The van der Waals surface area contributed by atoms with E-state index in [2.05, 4.69) is 15.9 Å². The molecule has 0 aliphatic carbocycles. The molecule has 0 unspecified atom stereocenters. The average molecular weight is 235 g/mol. The maximum absolute atomic E-state index is 5.79. The van der Waals surface area contributed by atoms with Crippen molar-refractivity contribution in [2.75, 3.05) is 6.54 Å². The predicted octanol–water partition coefficient (Wildman–Crippen LogP) is 2.60. The van der Waals surface area contributed by atoms with Gasteiger partial charge in [-0.15, -0.1) is 0 Å². The highest BCUT2D eigenvalue weighted by Gasteiger charge is 1.98. The Balaban J connectivity index is 2.93. The third-order valence-electron chi connectivity index (χ3n) is 1.42. The van der Waals surface area contributed by atoms with Crippen LogP contribution in [0.4, 0.5) is 0 Å². The van der Waals surface area contributed by atoms with Crippen molar-refractivity contribution in [2.24, 2.45) is 5.73 Å². The average Bonchev–Trinajstić information content (AvgIpc) is 1.98. The van der Waals surface area contributed by atoms with Gasteiger partial charge in [0.25, 0.3) is 0 Å². The summed E-state index contributed by atoms with van der Waals surface area (Å²) >= 11 is 9.21. The second-order valence-corrected chi connectivity index (χ2v) is 3.57. The van der Waals surface area contributed by atoms with E-state index in [1.54, 1.807) is 0 Å². The fourth-order valence-corrected chi connectivity index (χ4v) is 1.53. The summed E-state index contributed by atoms with van der Waals surface area (Å²) in [6, 6.07) is 5.72. The molecule has 0 heterocycles. The molecule has 0 aliphatic heterocycles. The second kappa shape index (κ2) is 4.10. The lowest BCUT2D eigenvalue weighted by atomic mass is 10.1. The minimum Gasteiger partial charge on any atom is -0.330 e. The van der Waals surface area contributed by atoms with Crippen LogP contribution in [-0.2, 0) is 6.42 Å². The van der Waals surface area contributed by atoms with Crippen LogP contribution < -0.4 is 5.73 Å². The Hall–Kier alpha value is -0.0500. The Morgan fingerprint density at radius 3 is 2.82 bits per heavy atom. The summed E-state index contributed by atoms with van der Waals surface area (Å²) in [6.45, 7) is 0.652. The number of rotatable bonds is 2. The van der Waals surface area contributed by atoms with Crippen LogP contribution in [0.2, 0.25) is 5.02 Å². The summed E-state index contributed by atoms with van der Waals surface area (Å²) in [5, 5.41) is 0.761. The molecule has 0 bridgehead atoms. The van der Waals surface area contributed by atoms with Gasteiger partial charge < -0.3 is 5.73 Å². The molecule has 60 valence electrons. The van der Waals surface area contributed by atoms with Crippen molar-refractivity contribution in [3.05, 3.63) is 33.3 Å². The topological polar surface area (TPSA) is 26.0 Å². The van der Waals surface area contributed by atoms with Gasteiger partial charge in [-0.25, -0.2) is 0 Å². The zero-order chi connectivity index (χ0) is 8.27. The Labute approximate surface area is 79.7 Å². The highest BCUT2D eigenvalue weighted by Crippen LogP contribution is 2.20. The fourth-order valence-electron chi connectivity index (χ4n) is 0.890. The van der Waals surface area contributed by atoms with Crippen molar-refractivity contribution >= 4 is 27.5 Å². The molecule has 0 amide bonds. The minimum absolute atomic E-state index is 0.652. The van der Waals surface area contributed by atoms with E-state index in [4.69, 9.17) is 17.3 Å². The minimum atomic E-state index is 0.652. The first-order valence-electron chi connectivity index (χ1n) is 3.38. The number of benzene rings is 1. The second-order valence-electron chi connectivity index (χ2n) is 2.27. The standard InChI is InChI=1S/C8H9BrClN/c9-8-2-1-7(10)5-6(8)3-4-11/h1-2,5H,3-4,11H2. The normalized spacial score (nSPS) is 10.1. The molecule has 3 heteroatoms. The van der Waals surface area contributed by atoms with E-state index in [1.807, 2.05) is 18.2 Å². The van der Waals surface area contributed by atoms with E-state index in [9.17, 15) is 0 Å². The highest BCUT2D eigenvalue weighted by atomic mass is 79.9. The highest BCUT2D eigenvalue weighted by molar-refractivity contribution is 9.10. The molecule has 1 nitrogen and oxygen atoms in total. The van der Waals surface area contributed by atoms with E-state index >= 15 is 0 Å². The van der Waals surface area contributed by atoms with Crippen molar-refractivity contribution < 1.29 is 0 Å². The van der Waals surface area contributed by atoms with Gasteiger partial charge in [-0.2, -0.15) is 0 Å². The molecular formula is C8H9BrClN. The van der Waals surface area contributed by atoms with Gasteiger partial charge in [0.15, 0.2) is 0 Å². The lowest BCUT2D eigenvalue weighted by molar-refractivity contribution is 0.963. The molecule has 0 radical (unpaired) electrons. The first-order chi connectivity index (χ1) is 5.24. The Kier molecular flexibility index (Phi) is 3.37. The lowest BCUT2D eigenvalue weighted by Crippen LogP contribution is -2.02. The molecule has 1 aromatic carbocycles. The summed E-state index contributed by atoms with van der Waals surface area (Å²) in [4.78, 5) is 0. The van der Waals surface area contributed by atoms with Crippen LogP contribution in [0.1, 0.15) is 5.56 Å². The molecule has 0 fully saturated rings. The largest absolute Gasteiger partial charge is 0.330 e. The van der Waals surface area contributed by atoms with Crippen LogP contribution in [0.3, 0.4) is 0 Å². The van der Waals surface area contributed by atoms with Gasteiger partial charge >= 0.3 is 0 Å². The monoisotopic (exact) mass is 233 g/mol. The van der Waals surface area contributed by atoms with Gasteiger partial charge in [0, 0.05) is 9.50 Å². The molecule has 0 spiro atoms. The smallest absolute Gasteiger partial charge is 0.0409 e. The van der Waals surface area contributed by atoms with Gasteiger partial charge in [0.2, 0.25) is 0 Å². The van der Waals surface area contributed by atoms with Crippen LogP contribution in [0.25, 0.3) is 0 Å². The van der Waals surface area contributed by atoms with E-state index < -0.39 is 0 Å². The third-order valence-corrected chi connectivity index (χ3v) is 2.43. The first kappa shape index (κ1) is 9.04. The Morgan fingerprint density at radius 1 is 1.45 bits per heavy atom. The van der Waals surface area contributed by atoms with Crippen molar-refractivity contribution in [2.45, 2.75) is 6.42 Å². The van der Waals surface area contributed by atoms with Gasteiger partial charge in [-0.3, -0.25) is 0 Å². The first-order valence-corrected chi connectivity index (χ1v) is 4.55. The van der Waals surface area contributed by atoms with Crippen LogP contribution in [0, 0.1) is 0 Å². The molecule has 0 saturated carbocycles. The van der Waals surface area contributed by atoms with Crippen molar-refractivity contribution in [3.8, 4) is 0 Å². The zero-order valence-corrected chi connectivity index (χ0v) is 8.32. The van der Waals surface area contributed by atoms with Gasteiger partial charge in [0.05, 0.1) is 0 Å². The van der Waals surface area contributed by atoms with Crippen LogP contribution in [0.15, 0.2) is 22.7 Å². The quantitative estimate of drug-likeness (QED) is 0.836. The predicted molar refractivity (Wildman–Crippen MR) is 51.9 cm³/mol. The molecule has 0 saturated heterocycles. The molecule has 0 aromatic heterocycles. The molecule has 0 atom stereocenters. The van der Waals surface area contributed by atoms with E-state index in [-0.39, 0.29) is 0 Å². The lowest BCUT2D eigenvalue weighted by Gasteiger charge is -2.01. The Bertz CT molecular complexity index is 250. The third kappa shape index (κ3) is 2.47. The number of hydrogen-bond acceptors (Lipinski definition) is 1. The van der Waals surface area contributed by atoms with Crippen molar-refractivity contribution in [1.82, 2.24) is 0 Å². The van der Waals surface area contributed by atoms with E-state index in [0.29, 0.717) is 6.54 Å². The maximum Gasteiger partial charge on any atom is 0.0409 e. The fraction of sp³-hybridized carbons (Fsp3) is 0.250. The molecule has 0 aliphatic rings. The molecule has 2 N–H and O–H groups in total. The van der Waals surface area contributed by atoms with Crippen LogP contribution >= 0.6 is 27.5 Å². The van der Waals surface area contributed by atoms with Crippen molar-refractivity contribution in [1.29, 1.82) is 0 Å². The van der Waals surface area contributed by atoms with Crippen molar-refractivity contribution in [3.63, 3.8) is 0 Å². The number of nitrogens with two attached hydrogens (primary N) is 1.